The Kier molecular flexibility index (Phi) is 9.10. The molecule has 0 radical (unpaired) electrons. The number of rotatable bonds is 3. The first-order valence-corrected chi connectivity index (χ1v) is 4.64. The van der Waals surface area contributed by atoms with Crippen molar-refractivity contribution < 1.29 is 10.2 Å². The zero-order chi connectivity index (χ0) is 10.2. The predicted molar refractivity (Wildman–Crippen MR) is 53.1 cm³/mol. The Hall–Kier alpha value is -0.0800. The molecule has 0 amide bonds. The van der Waals surface area contributed by atoms with Gasteiger partial charge in [0.25, 0.3) is 0 Å². The molecule has 2 nitrogen and oxygen atoms in total. The maximum absolute atomic E-state index is 8.52. The molecule has 2 N–H and O–H groups in total. The van der Waals surface area contributed by atoms with Crippen molar-refractivity contribution in [2.24, 2.45) is 5.92 Å². The van der Waals surface area contributed by atoms with E-state index >= 15 is 0 Å². The van der Waals surface area contributed by atoms with Gasteiger partial charge in [-0.15, -0.1) is 0 Å². The van der Waals surface area contributed by atoms with Gasteiger partial charge in [0.2, 0.25) is 0 Å². The molecule has 1 atom stereocenters. The van der Waals surface area contributed by atoms with Crippen molar-refractivity contribution in [3.8, 4) is 0 Å². The van der Waals surface area contributed by atoms with E-state index in [1.807, 2.05) is 0 Å². The van der Waals surface area contributed by atoms with Crippen LogP contribution in [-0.4, -0.2) is 22.4 Å². The van der Waals surface area contributed by atoms with Crippen LogP contribution in [0.2, 0.25) is 0 Å². The van der Waals surface area contributed by atoms with Gasteiger partial charge in [-0.25, -0.2) is 0 Å². The lowest BCUT2D eigenvalue weighted by Gasteiger charge is -2.04. The first kappa shape index (κ1) is 14.4. The summed E-state index contributed by atoms with van der Waals surface area (Å²) in [6, 6.07) is 0. The lowest BCUT2D eigenvalue weighted by atomic mass is 10.1. The highest BCUT2D eigenvalue weighted by atomic mass is 16.3. The van der Waals surface area contributed by atoms with Gasteiger partial charge in [0.1, 0.15) is 0 Å². The molecule has 12 heavy (non-hydrogen) atoms. The highest BCUT2D eigenvalue weighted by molar-refractivity contribution is 4.50. The normalized spacial score (nSPS) is 13.2. The van der Waals surface area contributed by atoms with Crippen LogP contribution in [0.3, 0.4) is 0 Å². The molecular weight excluding hydrogens is 152 g/mol. The van der Waals surface area contributed by atoms with Gasteiger partial charge in [0.15, 0.2) is 0 Å². The summed E-state index contributed by atoms with van der Waals surface area (Å²) in [6.45, 7) is 9.76. The number of aliphatic hydroxyl groups is 2. The minimum absolute atomic E-state index is 0.341. The van der Waals surface area contributed by atoms with Crippen LogP contribution in [0.5, 0.6) is 0 Å². The van der Waals surface area contributed by atoms with Crippen LogP contribution in [0.1, 0.15) is 47.5 Å². The molecule has 0 aromatic heterocycles. The molecule has 0 aromatic carbocycles. The van der Waals surface area contributed by atoms with E-state index in [-0.39, 0.29) is 0 Å². The molecule has 0 rings (SSSR count). The van der Waals surface area contributed by atoms with E-state index in [0.717, 1.165) is 6.42 Å². The highest BCUT2D eigenvalue weighted by Crippen LogP contribution is 2.01. The van der Waals surface area contributed by atoms with Crippen molar-refractivity contribution >= 4 is 0 Å². The maximum atomic E-state index is 8.52. The molecule has 0 spiro atoms. The average Bonchev–Trinajstić information content (AvgIpc) is 1.85. The van der Waals surface area contributed by atoms with E-state index in [1.54, 1.807) is 20.8 Å². The van der Waals surface area contributed by atoms with Gasteiger partial charge in [-0.3, -0.25) is 0 Å². The van der Waals surface area contributed by atoms with E-state index in [2.05, 4.69) is 13.8 Å². The van der Waals surface area contributed by atoms with Crippen LogP contribution in [-0.2, 0) is 0 Å². The van der Waals surface area contributed by atoms with E-state index in [9.17, 15) is 0 Å². The summed E-state index contributed by atoms with van der Waals surface area (Å²) in [5.41, 5.74) is -0.500. The summed E-state index contributed by atoms with van der Waals surface area (Å²) in [7, 11) is 0. The van der Waals surface area contributed by atoms with Gasteiger partial charge in [0, 0.05) is 6.61 Å². The molecule has 0 aliphatic carbocycles. The average molecular weight is 176 g/mol. The van der Waals surface area contributed by atoms with Crippen molar-refractivity contribution in [2.45, 2.75) is 53.1 Å². The monoisotopic (exact) mass is 176 g/mol. The largest absolute Gasteiger partial charge is 0.396 e. The molecule has 76 valence electrons. The third kappa shape index (κ3) is 32.6. The summed E-state index contributed by atoms with van der Waals surface area (Å²) >= 11 is 0. The molecule has 0 aliphatic rings. The first-order chi connectivity index (χ1) is 5.31. The maximum Gasteiger partial charge on any atom is 0.0563 e. The van der Waals surface area contributed by atoms with Gasteiger partial charge in [-0.05, 0) is 33.1 Å². The Morgan fingerprint density at radius 2 is 1.58 bits per heavy atom. The molecule has 1 unspecified atom stereocenters. The molecule has 0 fully saturated rings. The van der Waals surface area contributed by atoms with E-state index in [4.69, 9.17) is 10.2 Å². The lowest BCUT2D eigenvalue weighted by molar-refractivity contribution is 0.102. The van der Waals surface area contributed by atoms with Crippen LogP contribution in [0.4, 0.5) is 0 Å². The van der Waals surface area contributed by atoms with Crippen molar-refractivity contribution in [1.82, 2.24) is 0 Å². The highest BCUT2D eigenvalue weighted by Gasteiger charge is 1.97. The van der Waals surface area contributed by atoms with E-state index in [0.29, 0.717) is 12.5 Å². The van der Waals surface area contributed by atoms with Gasteiger partial charge in [-0.1, -0.05) is 20.3 Å². The number of hydrogen-bond acceptors (Lipinski definition) is 2. The predicted octanol–water partition coefficient (Wildman–Crippen LogP) is 2.19. The number of aliphatic hydroxyl groups excluding tert-OH is 1. The van der Waals surface area contributed by atoms with E-state index < -0.39 is 5.60 Å². The van der Waals surface area contributed by atoms with Crippen LogP contribution < -0.4 is 0 Å². The minimum Gasteiger partial charge on any atom is -0.396 e. The van der Waals surface area contributed by atoms with E-state index in [1.165, 1.54) is 6.42 Å². The second-order valence-corrected chi connectivity index (χ2v) is 4.25. The topological polar surface area (TPSA) is 40.5 Å². The van der Waals surface area contributed by atoms with Crippen LogP contribution in [0, 0.1) is 5.92 Å². The van der Waals surface area contributed by atoms with Gasteiger partial charge < -0.3 is 10.2 Å². The standard InChI is InChI=1S/C6H14O.C4H10O/c1-3-4-6(2)5-7;1-4(2,3)5/h6-7H,3-5H2,1-2H3;5H,1-3H3. The lowest BCUT2D eigenvalue weighted by Crippen LogP contribution is -2.10. The van der Waals surface area contributed by atoms with Gasteiger partial charge in [-0.2, -0.15) is 0 Å². The van der Waals surface area contributed by atoms with Crippen LogP contribution in [0.15, 0.2) is 0 Å². The van der Waals surface area contributed by atoms with Crippen molar-refractivity contribution in [3.63, 3.8) is 0 Å². The molecule has 0 aliphatic heterocycles. The first-order valence-electron chi connectivity index (χ1n) is 4.64. The smallest absolute Gasteiger partial charge is 0.0563 e. The summed E-state index contributed by atoms with van der Waals surface area (Å²) in [4.78, 5) is 0. The molecule has 0 saturated heterocycles. The van der Waals surface area contributed by atoms with Crippen molar-refractivity contribution in [3.05, 3.63) is 0 Å². The van der Waals surface area contributed by atoms with Crippen LogP contribution in [0.25, 0.3) is 0 Å². The second-order valence-electron chi connectivity index (χ2n) is 4.25. The third-order valence-corrected chi connectivity index (χ3v) is 1.09. The Bertz CT molecular complexity index is 78.3. The van der Waals surface area contributed by atoms with Crippen molar-refractivity contribution in [1.29, 1.82) is 0 Å². The van der Waals surface area contributed by atoms with Crippen LogP contribution >= 0.6 is 0 Å². The Morgan fingerprint density at radius 3 is 1.67 bits per heavy atom. The summed E-state index contributed by atoms with van der Waals surface area (Å²) < 4.78 is 0. The fourth-order valence-electron chi connectivity index (χ4n) is 0.584. The summed E-state index contributed by atoms with van der Waals surface area (Å²) in [5, 5.41) is 17.0. The molecular formula is C10H24O2. The Balaban J connectivity index is 0. The Morgan fingerprint density at radius 1 is 1.25 bits per heavy atom. The fraction of sp³-hybridized carbons (Fsp3) is 1.00. The minimum atomic E-state index is -0.500. The number of hydrogen-bond donors (Lipinski definition) is 2. The second kappa shape index (κ2) is 7.56. The molecule has 2 heteroatoms. The zero-order valence-corrected chi connectivity index (χ0v) is 9.09. The Labute approximate surface area is 76.6 Å². The molecule has 0 aromatic rings. The quantitative estimate of drug-likeness (QED) is 0.692. The van der Waals surface area contributed by atoms with Crippen molar-refractivity contribution in [2.75, 3.05) is 6.61 Å². The molecule has 0 saturated carbocycles. The van der Waals surface area contributed by atoms with Gasteiger partial charge >= 0.3 is 0 Å². The van der Waals surface area contributed by atoms with Gasteiger partial charge in [0.05, 0.1) is 5.60 Å². The molecule has 0 heterocycles. The summed E-state index contributed by atoms with van der Waals surface area (Å²) in [6.07, 6.45) is 2.33. The zero-order valence-electron chi connectivity index (χ0n) is 9.09. The third-order valence-electron chi connectivity index (χ3n) is 1.09. The summed E-state index contributed by atoms with van der Waals surface area (Å²) in [5.74, 6) is 0.505. The SMILES string of the molecule is CC(C)(C)O.CCCC(C)CO. The molecule has 0 bridgehead atoms. The fourth-order valence-corrected chi connectivity index (χ4v) is 0.584.